The first-order chi connectivity index (χ1) is 7.75. The Morgan fingerprint density at radius 3 is 2.47 bits per heavy atom. The van der Waals surface area contributed by atoms with Crippen molar-refractivity contribution in [2.75, 3.05) is 12.4 Å². The van der Waals surface area contributed by atoms with E-state index in [0.29, 0.717) is 4.88 Å². The summed E-state index contributed by atoms with van der Waals surface area (Å²) < 4.78 is 40.5. The number of rotatable bonds is 2. The lowest BCUT2D eigenvalue weighted by atomic mass is 10.3. The highest BCUT2D eigenvalue weighted by Gasteiger charge is 2.39. The van der Waals surface area contributed by atoms with Crippen molar-refractivity contribution < 1.29 is 27.5 Å². The second kappa shape index (κ2) is 4.74. The minimum atomic E-state index is -4.99. The molecule has 17 heavy (non-hydrogen) atoms. The number of halogens is 3. The van der Waals surface area contributed by atoms with Crippen LogP contribution in [0.3, 0.4) is 0 Å². The summed E-state index contributed by atoms with van der Waals surface area (Å²) in [6, 6.07) is 1.35. The van der Waals surface area contributed by atoms with E-state index in [-0.39, 0.29) is 10.6 Å². The molecule has 1 heterocycles. The van der Waals surface area contributed by atoms with Gasteiger partial charge in [-0.05, 0) is 13.0 Å². The maximum atomic E-state index is 12.0. The average molecular weight is 267 g/mol. The van der Waals surface area contributed by atoms with Gasteiger partial charge in [-0.3, -0.25) is 4.79 Å². The lowest BCUT2D eigenvalue weighted by Gasteiger charge is -2.07. The Kier molecular flexibility index (Phi) is 3.76. The number of anilines is 1. The molecule has 0 fully saturated rings. The minimum Gasteiger partial charge on any atom is -0.465 e. The third-order valence-corrected chi connectivity index (χ3v) is 2.71. The van der Waals surface area contributed by atoms with Crippen LogP contribution >= 0.6 is 11.3 Å². The predicted molar refractivity (Wildman–Crippen MR) is 55.1 cm³/mol. The standard InChI is InChI=1S/C9H8F3NO3S/c1-4-3-5(7(14)16-2)6(17-4)13-8(15)9(10,11)12/h3H,1-2H3,(H,13,15). The van der Waals surface area contributed by atoms with Crippen LogP contribution in [0.5, 0.6) is 0 Å². The molecule has 0 atom stereocenters. The van der Waals surface area contributed by atoms with Crippen molar-refractivity contribution in [2.24, 2.45) is 0 Å². The van der Waals surface area contributed by atoms with E-state index >= 15 is 0 Å². The first-order valence-corrected chi connectivity index (χ1v) is 5.14. The van der Waals surface area contributed by atoms with E-state index in [1.807, 2.05) is 0 Å². The molecule has 1 aromatic heterocycles. The Hall–Kier alpha value is -1.57. The van der Waals surface area contributed by atoms with Crippen LogP contribution in [0, 0.1) is 6.92 Å². The summed E-state index contributed by atoms with van der Waals surface area (Å²) in [4.78, 5) is 22.5. The maximum Gasteiger partial charge on any atom is 0.471 e. The van der Waals surface area contributed by atoms with Gasteiger partial charge in [0.25, 0.3) is 0 Å². The van der Waals surface area contributed by atoms with E-state index in [0.717, 1.165) is 18.4 Å². The number of hydrogen-bond donors (Lipinski definition) is 1. The third-order valence-electron chi connectivity index (χ3n) is 1.75. The molecule has 0 radical (unpaired) electrons. The van der Waals surface area contributed by atoms with Gasteiger partial charge < -0.3 is 10.1 Å². The summed E-state index contributed by atoms with van der Waals surface area (Å²) >= 11 is 0.870. The number of amides is 1. The number of nitrogens with one attached hydrogen (secondary N) is 1. The van der Waals surface area contributed by atoms with Crippen LogP contribution in [-0.4, -0.2) is 25.2 Å². The molecule has 1 rings (SSSR count). The summed E-state index contributed by atoms with van der Waals surface area (Å²) in [5.74, 6) is -2.92. The zero-order valence-electron chi connectivity index (χ0n) is 8.84. The Bertz CT molecular complexity index is 453. The first kappa shape index (κ1) is 13.5. The Balaban J connectivity index is 2.99. The molecule has 0 aliphatic rings. The molecule has 94 valence electrons. The zero-order valence-corrected chi connectivity index (χ0v) is 9.66. The molecular formula is C9H8F3NO3S. The highest BCUT2D eigenvalue weighted by molar-refractivity contribution is 7.16. The normalized spacial score (nSPS) is 11.1. The summed E-state index contributed by atoms with van der Waals surface area (Å²) in [7, 11) is 1.10. The summed E-state index contributed by atoms with van der Waals surface area (Å²) in [5.41, 5.74) is -0.0902. The summed E-state index contributed by atoms with van der Waals surface area (Å²) in [6.07, 6.45) is -4.99. The number of thiophene rings is 1. The van der Waals surface area contributed by atoms with Crippen molar-refractivity contribution in [3.05, 3.63) is 16.5 Å². The fourth-order valence-electron chi connectivity index (χ4n) is 1.04. The number of alkyl halides is 3. The van der Waals surface area contributed by atoms with Crippen molar-refractivity contribution in [3.8, 4) is 0 Å². The molecule has 4 nitrogen and oxygen atoms in total. The van der Waals surface area contributed by atoms with Gasteiger partial charge in [0, 0.05) is 4.88 Å². The van der Waals surface area contributed by atoms with Crippen molar-refractivity contribution in [1.82, 2.24) is 0 Å². The Morgan fingerprint density at radius 1 is 1.41 bits per heavy atom. The fourth-order valence-corrected chi connectivity index (χ4v) is 1.94. The van der Waals surface area contributed by atoms with Gasteiger partial charge in [0.05, 0.1) is 12.7 Å². The monoisotopic (exact) mass is 267 g/mol. The zero-order chi connectivity index (χ0) is 13.2. The van der Waals surface area contributed by atoms with E-state index in [4.69, 9.17) is 0 Å². The molecule has 0 unspecified atom stereocenters. The molecule has 8 heteroatoms. The molecule has 0 aliphatic carbocycles. The molecule has 0 aliphatic heterocycles. The Morgan fingerprint density at radius 2 is 2.00 bits per heavy atom. The number of methoxy groups -OCH3 is 1. The van der Waals surface area contributed by atoms with Crippen LogP contribution in [0.25, 0.3) is 0 Å². The number of aryl methyl sites for hydroxylation is 1. The van der Waals surface area contributed by atoms with Gasteiger partial charge in [-0.15, -0.1) is 11.3 Å². The van der Waals surface area contributed by atoms with Gasteiger partial charge in [0.15, 0.2) is 0 Å². The van der Waals surface area contributed by atoms with Gasteiger partial charge in [-0.1, -0.05) is 0 Å². The molecule has 1 aromatic rings. The molecule has 1 amide bonds. The van der Waals surface area contributed by atoms with Crippen molar-refractivity contribution in [2.45, 2.75) is 13.1 Å². The minimum absolute atomic E-state index is 0.0902. The van der Waals surface area contributed by atoms with Gasteiger partial charge >= 0.3 is 18.1 Å². The number of hydrogen-bond acceptors (Lipinski definition) is 4. The van der Waals surface area contributed by atoms with Crippen molar-refractivity contribution in [3.63, 3.8) is 0 Å². The molecule has 0 aromatic carbocycles. The molecular weight excluding hydrogens is 259 g/mol. The largest absolute Gasteiger partial charge is 0.471 e. The first-order valence-electron chi connectivity index (χ1n) is 4.32. The fraction of sp³-hybridized carbons (Fsp3) is 0.333. The van der Waals surface area contributed by atoms with Gasteiger partial charge in [0.1, 0.15) is 5.00 Å². The Labute approximate surface area is 98.4 Å². The second-order valence-electron chi connectivity index (χ2n) is 3.04. The lowest BCUT2D eigenvalue weighted by Crippen LogP contribution is -2.30. The SMILES string of the molecule is COC(=O)c1cc(C)sc1NC(=O)C(F)(F)F. The lowest BCUT2D eigenvalue weighted by molar-refractivity contribution is -0.167. The van der Waals surface area contributed by atoms with Crippen LogP contribution in [0.4, 0.5) is 18.2 Å². The topological polar surface area (TPSA) is 55.4 Å². The van der Waals surface area contributed by atoms with Crippen LogP contribution in [0.2, 0.25) is 0 Å². The maximum absolute atomic E-state index is 12.0. The third kappa shape index (κ3) is 3.19. The smallest absolute Gasteiger partial charge is 0.465 e. The van der Waals surface area contributed by atoms with Crippen LogP contribution in [0.15, 0.2) is 6.07 Å². The molecule has 0 bridgehead atoms. The van der Waals surface area contributed by atoms with Crippen LogP contribution < -0.4 is 5.32 Å². The highest BCUT2D eigenvalue weighted by Crippen LogP contribution is 2.29. The molecule has 0 saturated heterocycles. The number of carbonyl (C=O) groups excluding carboxylic acids is 2. The van der Waals surface area contributed by atoms with Gasteiger partial charge in [-0.25, -0.2) is 4.79 Å². The van der Waals surface area contributed by atoms with E-state index in [1.165, 1.54) is 6.07 Å². The van der Waals surface area contributed by atoms with E-state index in [2.05, 4.69) is 4.74 Å². The molecule has 0 spiro atoms. The predicted octanol–water partition coefficient (Wildman–Crippen LogP) is 2.34. The second-order valence-corrected chi connectivity index (χ2v) is 4.30. The van der Waals surface area contributed by atoms with Gasteiger partial charge in [0.2, 0.25) is 0 Å². The highest BCUT2D eigenvalue weighted by atomic mass is 32.1. The van der Waals surface area contributed by atoms with E-state index in [1.54, 1.807) is 12.2 Å². The summed E-state index contributed by atoms with van der Waals surface area (Å²) in [5, 5.41) is 1.47. The number of esters is 1. The van der Waals surface area contributed by atoms with Gasteiger partial charge in [-0.2, -0.15) is 13.2 Å². The summed E-state index contributed by atoms with van der Waals surface area (Å²) in [6.45, 7) is 1.60. The number of carbonyl (C=O) groups is 2. The van der Waals surface area contributed by atoms with E-state index in [9.17, 15) is 22.8 Å². The van der Waals surface area contributed by atoms with Crippen molar-refractivity contribution in [1.29, 1.82) is 0 Å². The number of ether oxygens (including phenoxy) is 1. The van der Waals surface area contributed by atoms with Crippen LogP contribution in [0.1, 0.15) is 15.2 Å². The average Bonchev–Trinajstić information content (AvgIpc) is 2.57. The quantitative estimate of drug-likeness (QED) is 0.837. The molecule has 0 saturated carbocycles. The van der Waals surface area contributed by atoms with E-state index < -0.39 is 18.1 Å². The molecule has 1 N–H and O–H groups in total. The van der Waals surface area contributed by atoms with Crippen molar-refractivity contribution >= 4 is 28.2 Å². The van der Waals surface area contributed by atoms with Crippen LogP contribution in [-0.2, 0) is 9.53 Å².